The Morgan fingerprint density at radius 3 is 1.15 bits per heavy atom. The number of hydrogen-bond acceptors (Lipinski definition) is 8. The van der Waals surface area contributed by atoms with Gasteiger partial charge >= 0.3 is 21.9 Å². The zero-order valence-electron chi connectivity index (χ0n) is 7.50. The van der Waals surface area contributed by atoms with Gasteiger partial charge in [-0.05, 0) is 0 Å². The zero-order chi connectivity index (χ0) is 9.54. The summed E-state index contributed by atoms with van der Waals surface area (Å²) in [5.41, 5.74) is 0. The number of carbonyl (C=O) groups excluding carboxylic acids is 4. The normalized spacial score (nSPS) is 3.85. The van der Waals surface area contributed by atoms with Crippen molar-refractivity contribution in [2.24, 2.45) is 0 Å². The molecular formula is C4H12O9+2. The molecule has 0 aromatic carbocycles. The molecule has 0 amide bonds. The second-order valence-electron chi connectivity index (χ2n) is 0.487. The molecule has 0 radical (unpaired) electrons. The van der Waals surface area contributed by atoms with Gasteiger partial charge in [0.25, 0.3) is 0 Å². The molecular weight excluding hydrogens is 192 g/mol. The summed E-state index contributed by atoms with van der Waals surface area (Å²) < 4.78 is 0. The van der Waals surface area contributed by atoms with Gasteiger partial charge in [0.1, 0.15) is 0 Å². The van der Waals surface area contributed by atoms with E-state index in [9.17, 15) is 0 Å². The predicted octanol–water partition coefficient (Wildman–Crippen LogP) is -1.28. The number of carbonyl (C=O) groups is 2. The van der Waals surface area contributed by atoms with Crippen LogP contribution in [-0.2, 0) is 29.0 Å². The van der Waals surface area contributed by atoms with E-state index in [0.717, 1.165) is 0 Å². The maximum atomic E-state index is 8.70. The third kappa shape index (κ3) is 17100. The summed E-state index contributed by atoms with van der Waals surface area (Å²) in [6.07, 6.45) is 0.250. The standard InChI is InChI=1S/2CH2O3.CO2.CH4.H2O/c2*2-1-4-3;2-1-3;;/h2*1,3H;;1H4;1H2/p+2. The van der Waals surface area contributed by atoms with Crippen molar-refractivity contribution >= 4 is 19.1 Å². The fraction of sp³-hybridized carbons (Fsp3) is 0.250. The molecule has 0 bridgehead atoms. The maximum absolute atomic E-state index is 8.70. The van der Waals surface area contributed by atoms with Gasteiger partial charge in [-0.25, -0.2) is 10.5 Å². The zero-order valence-corrected chi connectivity index (χ0v) is 5.50. The highest BCUT2D eigenvalue weighted by molar-refractivity contribution is 5.35. The molecule has 9 heteroatoms. The van der Waals surface area contributed by atoms with E-state index < -0.39 is 0 Å². The van der Waals surface area contributed by atoms with Crippen LogP contribution in [-0.4, -0.2) is 35.1 Å². The van der Waals surface area contributed by atoms with Crippen molar-refractivity contribution in [3.05, 3.63) is 0 Å². The molecule has 0 unspecified atom stereocenters. The number of rotatable bonds is 2. The van der Waals surface area contributed by atoms with Crippen molar-refractivity contribution in [2.45, 2.75) is 7.43 Å². The molecule has 0 fully saturated rings. The van der Waals surface area contributed by atoms with Gasteiger partial charge in [-0.3, -0.25) is 9.59 Å². The Labute approximate surface area is 75.6 Å². The average molecular weight is 204 g/mol. The van der Waals surface area contributed by atoms with Crippen LogP contribution in [0.4, 0.5) is 0 Å². The molecule has 0 aromatic rings. The molecule has 0 aliphatic rings. The topological polar surface area (TPSA) is 159 Å². The molecule has 0 saturated heterocycles. The van der Waals surface area contributed by atoms with Crippen molar-refractivity contribution in [1.82, 2.24) is 0 Å². The van der Waals surface area contributed by atoms with Gasteiger partial charge in [-0.1, -0.05) is 7.43 Å². The molecule has 0 aliphatic carbocycles. The third-order valence-corrected chi connectivity index (χ3v) is 0.0861. The van der Waals surface area contributed by atoms with Gasteiger partial charge < -0.3 is 15.3 Å². The van der Waals surface area contributed by atoms with Crippen molar-refractivity contribution < 1.29 is 47.8 Å². The first-order valence-electron chi connectivity index (χ1n) is 1.72. The molecule has 80 valence electrons. The second kappa shape index (κ2) is 84.3. The van der Waals surface area contributed by atoms with E-state index in [0.29, 0.717) is 0 Å². The summed E-state index contributed by atoms with van der Waals surface area (Å²) in [5.74, 6) is 0. The van der Waals surface area contributed by atoms with Crippen molar-refractivity contribution in [3.8, 4) is 0 Å². The lowest BCUT2D eigenvalue weighted by molar-refractivity contribution is -0.217. The Hall–Kier alpha value is -1.80. The Balaban J connectivity index is -0.0000000114. The van der Waals surface area contributed by atoms with Gasteiger partial charge in [0, 0.05) is 0 Å². The monoisotopic (exact) mass is 204 g/mol. The summed E-state index contributed by atoms with van der Waals surface area (Å²) in [7, 11) is 0. The van der Waals surface area contributed by atoms with E-state index in [2.05, 4.69) is 9.78 Å². The Morgan fingerprint density at radius 1 is 1.08 bits per heavy atom. The van der Waals surface area contributed by atoms with Gasteiger partial charge in [-0.2, -0.15) is 9.59 Å². The molecule has 0 spiro atoms. The van der Waals surface area contributed by atoms with Crippen LogP contribution in [0.5, 0.6) is 0 Å². The number of hydrogen-bond donors (Lipinski definition) is 2. The largest absolute Gasteiger partial charge is 1.00 e. The molecule has 0 rings (SSSR count). The fourth-order valence-electron chi connectivity index (χ4n) is 0. The first kappa shape index (κ1) is 30.3. The van der Waals surface area contributed by atoms with Crippen molar-refractivity contribution in [3.63, 3.8) is 0 Å². The highest BCUT2D eigenvalue weighted by Crippen LogP contribution is 1.34. The SMILES string of the molecule is C.O.O=C=O.O=COO.O=COO.[H+].[H+]. The summed E-state index contributed by atoms with van der Waals surface area (Å²) >= 11 is 0. The van der Waals surface area contributed by atoms with E-state index in [1.54, 1.807) is 0 Å². The Bertz CT molecular complexity index is 105. The molecule has 0 aromatic heterocycles. The second-order valence-corrected chi connectivity index (χ2v) is 0.487. The van der Waals surface area contributed by atoms with Gasteiger partial charge in [-0.15, -0.1) is 0 Å². The lowest BCUT2D eigenvalue weighted by Crippen LogP contribution is -1.69. The van der Waals surface area contributed by atoms with Gasteiger partial charge in [0.05, 0.1) is 0 Å². The van der Waals surface area contributed by atoms with Crippen LogP contribution in [0.15, 0.2) is 0 Å². The smallest absolute Gasteiger partial charge is 0.412 e. The van der Waals surface area contributed by atoms with Crippen LogP contribution in [0.25, 0.3) is 0 Å². The first-order valence-corrected chi connectivity index (χ1v) is 1.72. The molecule has 13 heavy (non-hydrogen) atoms. The minimum Gasteiger partial charge on any atom is -0.412 e. The summed E-state index contributed by atoms with van der Waals surface area (Å²) in [5, 5.41) is 14.0. The van der Waals surface area contributed by atoms with Gasteiger partial charge in [0.2, 0.25) is 0 Å². The molecule has 9 nitrogen and oxygen atoms in total. The van der Waals surface area contributed by atoms with E-state index >= 15 is 0 Å². The van der Waals surface area contributed by atoms with Crippen molar-refractivity contribution in [1.29, 1.82) is 0 Å². The Morgan fingerprint density at radius 2 is 1.15 bits per heavy atom. The van der Waals surface area contributed by atoms with Crippen LogP contribution in [0, 0.1) is 0 Å². The Kier molecular flexibility index (Phi) is 197. The molecule has 4 N–H and O–H groups in total. The van der Waals surface area contributed by atoms with E-state index in [1.165, 1.54) is 0 Å². The van der Waals surface area contributed by atoms with Gasteiger partial charge in [0.15, 0.2) is 0 Å². The third-order valence-electron chi connectivity index (χ3n) is 0.0861. The summed E-state index contributed by atoms with van der Waals surface area (Å²) in [4.78, 5) is 39.4. The average Bonchev–Trinajstić information content (AvgIpc) is 2.06. The minimum absolute atomic E-state index is 0. The van der Waals surface area contributed by atoms with Crippen LogP contribution >= 0.6 is 0 Å². The lowest BCUT2D eigenvalue weighted by Gasteiger charge is -1.63. The maximum Gasteiger partial charge on any atom is 1.00 e. The fourth-order valence-corrected chi connectivity index (χ4v) is 0. The molecule has 0 heterocycles. The minimum atomic E-state index is -0.0694. The summed E-state index contributed by atoms with van der Waals surface area (Å²) in [6.45, 7) is -0.139. The van der Waals surface area contributed by atoms with Crippen LogP contribution in [0.1, 0.15) is 10.3 Å². The molecule has 0 atom stereocenters. The molecule has 0 saturated carbocycles. The van der Waals surface area contributed by atoms with Crippen LogP contribution in [0.3, 0.4) is 0 Å². The highest BCUT2D eigenvalue weighted by Gasteiger charge is 1.47. The lowest BCUT2D eigenvalue weighted by atomic mass is 11.7. The quantitative estimate of drug-likeness (QED) is 0.319. The molecule has 0 aliphatic heterocycles. The van der Waals surface area contributed by atoms with Crippen molar-refractivity contribution in [2.75, 3.05) is 0 Å². The van der Waals surface area contributed by atoms with E-state index in [1.807, 2.05) is 0 Å². The first-order chi connectivity index (χ1) is 5.24. The highest BCUT2D eigenvalue weighted by atomic mass is 17.1. The predicted molar refractivity (Wildman–Crippen MR) is 37.1 cm³/mol. The summed E-state index contributed by atoms with van der Waals surface area (Å²) in [6, 6.07) is 0. The van der Waals surface area contributed by atoms with Crippen LogP contribution < -0.4 is 0 Å². The van der Waals surface area contributed by atoms with E-state index in [-0.39, 0.29) is 34.9 Å². The van der Waals surface area contributed by atoms with E-state index in [4.69, 9.17) is 29.7 Å². The van der Waals surface area contributed by atoms with Crippen LogP contribution in [0.2, 0.25) is 0 Å².